The lowest BCUT2D eigenvalue weighted by atomic mass is 9.97. The van der Waals surface area contributed by atoms with E-state index < -0.39 is 10.0 Å². The summed E-state index contributed by atoms with van der Waals surface area (Å²) in [7, 11) is -3.44. The van der Waals surface area contributed by atoms with E-state index in [1.54, 1.807) is 25.1 Å². The van der Waals surface area contributed by atoms with Crippen LogP contribution in [0.15, 0.2) is 29.2 Å². The molecule has 2 rings (SSSR count). The van der Waals surface area contributed by atoms with Crippen molar-refractivity contribution in [2.45, 2.75) is 31.6 Å². The van der Waals surface area contributed by atoms with Gasteiger partial charge in [0.15, 0.2) is 0 Å². The molecule has 0 atom stereocenters. The monoisotopic (exact) mass is 310 g/mol. The summed E-state index contributed by atoms with van der Waals surface area (Å²) < 4.78 is 27.1. The van der Waals surface area contributed by atoms with Crippen LogP contribution in [0.3, 0.4) is 0 Å². The molecule has 0 aliphatic carbocycles. The molecule has 1 aliphatic heterocycles. The summed E-state index contributed by atoms with van der Waals surface area (Å²) in [6, 6.07) is 6.89. The predicted octanol–water partition coefficient (Wildman–Crippen LogP) is 1.53. The zero-order valence-corrected chi connectivity index (χ0v) is 13.3. The minimum atomic E-state index is -3.44. The van der Waals surface area contributed by atoms with Gasteiger partial charge in [-0.3, -0.25) is 4.79 Å². The van der Waals surface area contributed by atoms with Gasteiger partial charge in [0.25, 0.3) is 0 Å². The van der Waals surface area contributed by atoms with Crippen LogP contribution in [0.4, 0.5) is 0 Å². The van der Waals surface area contributed by atoms with Gasteiger partial charge in [-0.2, -0.15) is 0 Å². The molecule has 0 unspecified atom stereocenters. The number of hydrogen-bond acceptors (Lipinski definition) is 3. The third-order valence-corrected chi connectivity index (χ3v) is 5.34. The van der Waals surface area contributed by atoms with E-state index in [4.69, 9.17) is 0 Å². The highest BCUT2D eigenvalue weighted by Crippen LogP contribution is 2.18. The molecule has 116 valence electrons. The van der Waals surface area contributed by atoms with E-state index in [1.807, 2.05) is 17.9 Å². The van der Waals surface area contributed by atoms with Crippen molar-refractivity contribution < 1.29 is 13.2 Å². The average Bonchev–Trinajstić information content (AvgIpc) is 2.45. The van der Waals surface area contributed by atoms with E-state index in [0.717, 1.165) is 18.4 Å². The number of sulfonamides is 1. The molecule has 0 saturated carbocycles. The molecule has 1 amide bonds. The molecule has 21 heavy (non-hydrogen) atoms. The van der Waals surface area contributed by atoms with Crippen LogP contribution >= 0.6 is 0 Å². The lowest BCUT2D eigenvalue weighted by Gasteiger charge is -2.31. The molecular weight excluding hydrogens is 288 g/mol. The van der Waals surface area contributed by atoms with Gasteiger partial charge in [-0.15, -0.1) is 0 Å². The molecule has 1 aliphatic rings. The Morgan fingerprint density at radius 3 is 2.57 bits per heavy atom. The second-order valence-electron chi connectivity index (χ2n) is 5.62. The topological polar surface area (TPSA) is 66.5 Å². The van der Waals surface area contributed by atoms with Crippen LogP contribution in [-0.2, 0) is 14.8 Å². The standard InChI is InChI=1S/C15H22N2O3S/c1-12-4-3-5-15(10-12)21(19,20)16-11-14-6-8-17(9-7-14)13(2)18/h3-5,10,14,16H,6-9,11H2,1-2H3. The van der Waals surface area contributed by atoms with Gasteiger partial charge in [0.2, 0.25) is 15.9 Å². The fourth-order valence-electron chi connectivity index (χ4n) is 2.55. The number of rotatable bonds is 4. The van der Waals surface area contributed by atoms with Crippen LogP contribution in [0.1, 0.15) is 25.3 Å². The molecule has 6 heteroatoms. The van der Waals surface area contributed by atoms with Gasteiger partial charge in [-0.05, 0) is 43.4 Å². The van der Waals surface area contributed by atoms with Crippen LogP contribution in [0.5, 0.6) is 0 Å². The Morgan fingerprint density at radius 1 is 1.33 bits per heavy atom. The maximum Gasteiger partial charge on any atom is 0.240 e. The number of nitrogens with one attached hydrogen (secondary N) is 1. The van der Waals surface area contributed by atoms with Crippen LogP contribution in [0.25, 0.3) is 0 Å². The number of likely N-dealkylation sites (tertiary alicyclic amines) is 1. The number of benzene rings is 1. The quantitative estimate of drug-likeness (QED) is 0.917. The summed E-state index contributed by atoms with van der Waals surface area (Å²) in [5.41, 5.74) is 0.924. The third-order valence-electron chi connectivity index (χ3n) is 3.92. The Bertz CT molecular complexity index is 605. The van der Waals surface area contributed by atoms with E-state index in [-0.39, 0.29) is 5.91 Å². The van der Waals surface area contributed by atoms with Crippen LogP contribution in [0, 0.1) is 12.8 Å². The van der Waals surface area contributed by atoms with E-state index in [9.17, 15) is 13.2 Å². The summed E-state index contributed by atoms with van der Waals surface area (Å²) in [6.07, 6.45) is 1.69. The summed E-state index contributed by atoms with van der Waals surface area (Å²) >= 11 is 0. The molecule has 1 aromatic carbocycles. The van der Waals surface area contributed by atoms with Crippen molar-refractivity contribution >= 4 is 15.9 Å². The number of amides is 1. The number of piperidine rings is 1. The molecule has 0 bridgehead atoms. The van der Waals surface area contributed by atoms with Gasteiger partial charge in [0, 0.05) is 26.6 Å². The van der Waals surface area contributed by atoms with Crippen molar-refractivity contribution in [3.8, 4) is 0 Å². The number of aryl methyl sites for hydroxylation is 1. The van der Waals surface area contributed by atoms with Crippen LogP contribution < -0.4 is 4.72 Å². The second kappa shape index (κ2) is 6.58. The average molecular weight is 310 g/mol. The zero-order valence-electron chi connectivity index (χ0n) is 12.5. The normalized spacial score (nSPS) is 17.0. The molecule has 0 spiro atoms. The van der Waals surface area contributed by atoms with Crippen molar-refractivity contribution in [1.82, 2.24) is 9.62 Å². The fraction of sp³-hybridized carbons (Fsp3) is 0.533. The minimum absolute atomic E-state index is 0.0915. The Hall–Kier alpha value is -1.40. The Kier molecular flexibility index (Phi) is 5.00. The van der Waals surface area contributed by atoms with Gasteiger partial charge in [-0.25, -0.2) is 13.1 Å². The SMILES string of the molecule is CC(=O)N1CCC(CNS(=O)(=O)c2cccc(C)c2)CC1. The number of hydrogen-bond donors (Lipinski definition) is 1. The lowest BCUT2D eigenvalue weighted by Crippen LogP contribution is -2.40. The molecule has 1 N–H and O–H groups in total. The van der Waals surface area contributed by atoms with Crippen molar-refractivity contribution in [1.29, 1.82) is 0 Å². The summed E-state index contributed by atoms with van der Waals surface area (Å²) in [5, 5.41) is 0. The Morgan fingerprint density at radius 2 is 2.00 bits per heavy atom. The molecule has 1 heterocycles. The largest absolute Gasteiger partial charge is 0.343 e. The van der Waals surface area contributed by atoms with E-state index in [1.165, 1.54) is 0 Å². The highest BCUT2D eigenvalue weighted by atomic mass is 32.2. The summed E-state index contributed by atoms with van der Waals surface area (Å²) in [5.74, 6) is 0.383. The van der Waals surface area contributed by atoms with Gasteiger partial charge in [0.05, 0.1) is 4.90 Å². The Labute approximate surface area is 126 Å². The maximum absolute atomic E-state index is 12.2. The summed E-state index contributed by atoms with van der Waals surface area (Å²) in [4.78, 5) is 13.4. The molecule has 0 radical (unpaired) electrons. The molecule has 1 saturated heterocycles. The fourth-order valence-corrected chi connectivity index (χ4v) is 3.77. The number of carbonyl (C=O) groups is 1. The summed E-state index contributed by atoms with van der Waals surface area (Å²) in [6.45, 7) is 5.30. The zero-order chi connectivity index (χ0) is 15.5. The van der Waals surface area contributed by atoms with Gasteiger partial charge >= 0.3 is 0 Å². The van der Waals surface area contributed by atoms with Crippen molar-refractivity contribution in [2.75, 3.05) is 19.6 Å². The lowest BCUT2D eigenvalue weighted by molar-refractivity contribution is -0.130. The molecule has 0 aromatic heterocycles. The van der Waals surface area contributed by atoms with E-state index in [0.29, 0.717) is 30.4 Å². The van der Waals surface area contributed by atoms with Crippen molar-refractivity contribution in [3.63, 3.8) is 0 Å². The first-order valence-electron chi connectivity index (χ1n) is 7.20. The van der Waals surface area contributed by atoms with Crippen LogP contribution in [-0.4, -0.2) is 38.9 Å². The second-order valence-corrected chi connectivity index (χ2v) is 7.38. The number of carbonyl (C=O) groups excluding carboxylic acids is 1. The maximum atomic E-state index is 12.2. The first-order chi connectivity index (χ1) is 9.88. The first-order valence-corrected chi connectivity index (χ1v) is 8.68. The van der Waals surface area contributed by atoms with Crippen LogP contribution in [0.2, 0.25) is 0 Å². The van der Waals surface area contributed by atoms with Gasteiger partial charge in [0.1, 0.15) is 0 Å². The highest BCUT2D eigenvalue weighted by molar-refractivity contribution is 7.89. The third kappa shape index (κ3) is 4.28. The molecular formula is C15H22N2O3S. The highest BCUT2D eigenvalue weighted by Gasteiger charge is 2.22. The van der Waals surface area contributed by atoms with Crippen molar-refractivity contribution in [3.05, 3.63) is 29.8 Å². The molecule has 5 nitrogen and oxygen atoms in total. The predicted molar refractivity (Wildman–Crippen MR) is 81.3 cm³/mol. The first kappa shape index (κ1) is 16.0. The molecule has 1 aromatic rings. The minimum Gasteiger partial charge on any atom is -0.343 e. The Balaban J connectivity index is 1.90. The molecule has 1 fully saturated rings. The van der Waals surface area contributed by atoms with Crippen molar-refractivity contribution in [2.24, 2.45) is 5.92 Å². The van der Waals surface area contributed by atoms with E-state index >= 15 is 0 Å². The smallest absolute Gasteiger partial charge is 0.240 e. The van der Waals surface area contributed by atoms with E-state index in [2.05, 4.69) is 4.72 Å². The van der Waals surface area contributed by atoms with Gasteiger partial charge < -0.3 is 4.90 Å². The van der Waals surface area contributed by atoms with Gasteiger partial charge in [-0.1, -0.05) is 12.1 Å². The number of nitrogens with zero attached hydrogens (tertiary/aromatic N) is 1.